The van der Waals surface area contributed by atoms with Gasteiger partial charge in [-0.05, 0) is 37.6 Å². The number of rotatable bonds is 4. The van der Waals surface area contributed by atoms with Crippen molar-refractivity contribution in [1.29, 1.82) is 0 Å². The summed E-state index contributed by atoms with van der Waals surface area (Å²) in [5, 5.41) is 4.31. The molecule has 1 aliphatic rings. The first-order valence-electron chi connectivity index (χ1n) is 7.39. The SMILES string of the molecule is c1cnc2nc(CN3CCCC3Cn3cccn3)[nH]c2c1. The van der Waals surface area contributed by atoms with Crippen molar-refractivity contribution in [2.24, 2.45) is 0 Å². The maximum absolute atomic E-state index is 4.58. The second-order valence-corrected chi connectivity index (χ2v) is 5.55. The fourth-order valence-corrected chi connectivity index (χ4v) is 3.10. The van der Waals surface area contributed by atoms with E-state index in [1.165, 1.54) is 12.8 Å². The molecule has 0 saturated carbocycles. The molecule has 1 fully saturated rings. The van der Waals surface area contributed by atoms with Crippen LogP contribution in [-0.4, -0.2) is 42.2 Å². The van der Waals surface area contributed by atoms with Crippen LogP contribution >= 0.6 is 0 Å². The van der Waals surface area contributed by atoms with Gasteiger partial charge in [0.1, 0.15) is 5.82 Å². The lowest BCUT2D eigenvalue weighted by molar-refractivity contribution is 0.215. The summed E-state index contributed by atoms with van der Waals surface area (Å²) in [6, 6.07) is 6.46. The standard InChI is InChI=1S/C15H18N6/c1-5-13-15(16-6-1)19-14(18-13)11-20-8-2-4-12(20)10-21-9-3-7-17-21/h1,3,5-7,9,12H,2,4,8,10-11H2,(H,16,18,19). The maximum atomic E-state index is 4.58. The van der Waals surface area contributed by atoms with Gasteiger partial charge in [-0.3, -0.25) is 9.58 Å². The van der Waals surface area contributed by atoms with E-state index >= 15 is 0 Å². The van der Waals surface area contributed by atoms with E-state index in [-0.39, 0.29) is 0 Å². The third-order valence-electron chi connectivity index (χ3n) is 4.12. The van der Waals surface area contributed by atoms with E-state index < -0.39 is 0 Å². The van der Waals surface area contributed by atoms with Crippen LogP contribution in [0.5, 0.6) is 0 Å². The average molecular weight is 282 g/mol. The average Bonchev–Trinajstić information content (AvgIpc) is 3.21. The molecule has 3 aromatic heterocycles. The van der Waals surface area contributed by atoms with Crippen molar-refractivity contribution in [3.8, 4) is 0 Å². The largest absolute Gasteiger partial charge is 0.340 e. The second kappa shape index (κ2) is 5.29. The Bertz CT molecular complexity index is 684. The molecule has 4 rings (SSSR count). The first kappa shape index (κ1) is 12.5. The van der Waals surface area contributed by atoms with Crippen molar-refractivity contribution in [3.05, 3.63) is 42.6 Å². The molecule has 4 heterocycles. The molecule has 0 spiro atoms. The first-order chi connectivity index (χ1) is 10.4. The van der Waals surface area contributed by atoms with E-state index in [4.69, 9.17) is 0 Å². The van der Waals surface area contributed by atoms with Gasteiger partial charge < -0.3 is 4.98 Å². The summed E-state index contributed by atoms with van der Waals surface area (Å²) in [5.74, 6) is 0.996. The summed E-state index contributed by atoms with van der Waals surface area (Å²) in [7, 11) is 0. The number of hydrogen-bond donors (Lipinski definition) is 1. The highest BCUT2D eigenvalue weighted by Gasteiger charge is 2.25. The minimum absolute atomic E-state index is 0.533. The summed E-state index contributed by atoms with van der Waals surface area (Å²) >= 11 is 0. The fraction of sp³-hybridized carbons (Fsp3) is 0.400. The number of imidazole rings is 1. The van der Waals surface area contributed by atoms with Gasteiger partial charge in [0.15, 0.2) is 5.65 Å². The lowest BCUT2D eigenvalue weighted by Crippen LogP contribution is -2.33. The first-order valence-corrected chi connectivity index (χ1v) is 7.39. The molecule has 6 heteroatoms. The van der Waals surface area contributed by atoms with Gasteiger partial charge in [-0.1, -0.05) is 0 Å². The van der Waals surface area contributed by atoms with Crippen molar-refractivity contribution in [2.75, 3.05) is 6.54 Å². The number of nitrogens with one attached hydrogen (secondary N) is 1. The molecule has 0 aliphatic carbocycles. The maximum Gasteiger partial charge on any atom is 0.177 e. The minimum atomic E-state index is 0.533. The van der Waals surface area contributed by atoms with Crippen LogP contribution in [0.4, 0.5) is 0 Å². The molecule has 1 atom stereocenters. The molecule has 1 unspecified atom stereocenters. The highest BCUT2D eigenvalue weighted by atomic mass is 15.3. The number of hydrogen-bond acceptors (Lipinski definition) is 4. The molecular weight excluding hydrogens is 264 g/mol. The van der Waals surface area contributed by atoms with E-state index in [1.54, 1.807) is 6.20 Å². The number of H-pyrrole nitrogens is 1. The summed E-state index contributed by atoms with van der Waals surface area (Å²) in [6.07, 6.45) is 8.11. The second-order valence-electron chi connectivity index (χ2n) is 5.55. The van der Waals surface area contributed by atoms with Gasteiger partial charge in [-0.2, -0.15) is 5.10 Å². The van der Waals surface area contributed by atoms with Crippen LogP contribution in [0.15, 0.2) is 36.8 Å². The molecule has 0 bridgehead atoms. The molecule has 3 aromatic rings. The zero-order chi connectivity index (χ0) is 14.1. The number of pyridine rings is 1. The smallest absolute Gasteiger partial charge is 0.177 e. The van der Waals surface area contributed by atoms with Gasteiger partial charge in [0.2, 0.25) is 0 Å². The predicted molar refractivity (Wildman–Crippen MR) is 79.5 cm³/mol. The summed E-state index contributed by atoms with van der Waals surface area (Å²) in [4.78, 5) is 14.7. The van der Waals surface area contributed by atoms with E-state index in [0.717, 1.165) is 36.6 Å². The Morgan fingerprint density at radius 3 is 3.14 bits per heavy atom. The van der Waals surface area contributed by atoms with Gasteiger partial charge in [0.25, 0.3) is 0 Å². The highest BCUT2D eigenvalue weighted by Crippen LogP contribution is 2.21. The van der Waals surface area contributed by atoms with Gasteiger partial charge in [-0.15, -0.1) is 0 Å². The number of aromatic nitrogens is 5. The van der Waals surface area contributed by atoms with Gasteiger partial charge in [-0.25, -0.2) is 9.97 Å². The lowest BCUT2D eigenvalue weighted by atomic mass is 10.2. The molecule has 6 nitrogen and oxygen atoms in total. The van der Waals surface area contributed by atoms with Crippen molar-refractivity contribution < 1.29 is 0 Å². The Labute approximate surface area is 122 Å². The quantitative estimate of drug-likeness (QED) is 0.793. The topological polar surface area (TPSA) is 62.6 Å². The van der Waals surface area contributed by atoms with Crippen molar-refractivity contribution in [3.63, 3.8) is 0 Å². The third kappa shape index (κ3) is 2.54. The molecule has 1 N–H and O–H groups in total. The van der Waals surface area contributed by atoms with E-state index in [1.807, 2.05) is 35.3 Å². The Balaban J connectivity index is 1.49. The van der Waals surface area contributed by atoms with Gasteiger partial charge in [0.05, 0.1) is 18.6 Å². The Kier molecular flexibility index (Phi) is 3.16. The molecular formula is C15H18N6. The summed E-state index contributed by atoms with van der Waals surface area (Å²) in [5.41, 5.74) is 1.81. The van der Waals surface area contributed by atoms with Crippen LogP contribution in [0.2, 0.25) is 0 Å². The van der Waals surface area contributed by atoms with Crippen LogP contribution in [0.1, 0.15) is 18.7 Å². The van der Waals surface area contributed by atoms with E-state index in [2.05, 4.69) is 25.0 Å². The minimum Gasteiger partial charge on any atom is -0.340 e. The van der Waals surface area contributed by atoms with Gasteiger partial charge >= 0.3 is 0 Å². The van der Waals surface area contributed by atoms with Crippen LogP contribution in [0.3, 0.4) is 0 Å². The predicted octanol–water partition coefficient (Wildman–Crippen LogP) is 1.82. The molecule has 0 aromatic carbocycles. The lowest BCUT2D eigenvalue weighted by Gasteiger charge is -2.23. The number of fused-ring (bicyclic) bond motifs is 1. The Hall–Kier alpha value is -2.21. The third-order valence-corrected chi connectivity index (χ3v) is 4.12. The molecule has 0 radical (unpaired) electrons. The van der Waals surface area contributed by atoms with Crippen LogP contribution < -0.4 is 0 Å². The van der Waals surface area contributed by atoms with Crippen LogP contribution in [-0.2, 0) is 13.1 Å². The Morgan fingerprint density at radius 1 is 1.29 bits per heavy atom. The zero-order valence-electron chi connectivity index (χ0n) is 11.8. The monoisotopic (exact) mass is 282 g/mol. The van der Waals surface area contributed by atoms with Crippen molar-refractivity contribution >= 4 is 11.2 Å². The van der Waals surface area contributed by atoms with Crippen molar-refractivity contribution in [1.82, 2.24) is 29.6 Å². The van der Waals surface area contributed by atoms with Gasteiger partial charge in [0, 0.05) is 24.6 Å². The van der Waals surface area contributed by atoms with E-state index in [9.17, 15) is 0 Å². The normalized spacial score (nSPS) is 19.5. The van der Waals surface area contributed by atoms with E-state index in [0.29, 0.717) is 6.04 Å². The van der Waals surface area contributed by atoms with Crippen LogP contribution in [0, 0.1) is 0 Å². The molecule has 1 aliphatic heterocycles. The summed E-state index contributed by atoms with van der Waals surface area (Å²) < 4.78 is 2.02. The number of likely N-dealkylation sites (tertiary alicyclic amines) is 1. The Morgan fingerprint density at radius 2 is 2.29 bits per heavy atom. The molecule has 108 valence electrons. The number of nitrogens with zero attached hydrogens (tertiary/aromatic N) is 5. The molecule has 1 saturated heterocycles. The molecule has 21 heavy (non-hydrogen) atoms. The van der Waals surface area contributed by atoms with Crippen molar-refractivity contribution in [2.45, 2.75) is 32.0 Å². The highest BCUT2D eigenvalue weighted by molar-refractivity contribution is 5.69. The summed E-state index contributed by atoms with van der Waals surface area (Å²) in [6.45, 7) is 2.92. The van der Waals surface area contributed by atoms with Crippen LogP contribution in [0.25, 0.3) is 11.2 Å². The molecule has 0 amide bonds. The number of aromatic amines is 1. The fourth-order valence-electron chi connectivity index (χ4n) is 3.10. The zero-order valence-corrected chi connectivity index (χ0v) is 11.8.